The number of carbonyl (C=O) groups is 3. The first-order chi connectivity index (χ1) is 14.8. The highest BCUT2D eigenvalue weighted by atomic mass is 16.5. The number of nitrogens with one attached hydrogen (secondary N) is 1. The molecule has 2 aromatic carbocycles. The third kappa shape index (κ3) is 6.31. The van der Waals surface area contributed by atoms with E-state index in [4.69, 9.17) is 9.47 Å². The minimum absolute atomic E-state index is 0.132. The third-order valence-electron chi connectivity index (χ3n) is 5.29. The minimum atomic E-state index is -0.658. The molecule has 0 aliphatic heterocycles. The van der Waals surface area contributed by atoms with Crippen LogP contribution in [-0.2, 0) is 14.3 Å². The molecule has 1 N–H and O–H groups in total. The molecule has 0 aliphatic carbocycles. The van der Waals surface area contributed by atoms with Crippen LogP contribution in [0.1, 0.15) is 41.8 Å². The van der Waals surface area contributed by atoms with Crippen molar-refractivity contribution in [1.29, 1.82) is 0 Å². The average molecular weight is 427 g/mol. The first kappa shape index (κ1) is 23.9. The van der Waals surface area contributed by atoms with Crippen molar-refractivity contribution in [3.63, 3.8) is 0 Å². The first-order valence-corrected chi connectivity index (χ1v) is 10.2. The van der Waals surface area contributed by atoms with Crippen LogP contribution in [0, 0.1) is 13.8 Å². The molecule has 0 aromatic heterocycles. The number of carbonyl (C=O) groups excluding carboxylic acids is 3. The van der Waals surface area contributed by atoms with E-state index in [9.17, 15) is 14.4 Å². The quantitative estimate of drug-likeness (QED) is 0.618. The molecule has 0 aliphatic rings. The van der Waals surface area contributed by atoms with Gasteiger partial charge in [-0.3, -0.25) is 9.59 Å². The molecule has 166 valence electrons. The lowest BCUT2D eigenvalue weighted by molar-refractivity contribution is -0.139. The number of anilines is 1. The molecule has 7 heteroatoms. The van der Waals surface area contributed by atoms with Crippen LogP contribution in [0.5, 0.6) is 5.75 Å². The number of aryl methyl sites for hydroxylation is 1. The Balaban J connectivity index is 2.04. The fraction of sp³-hybridized carbons (Fsp3) is 0.375. The van der Waals surface area contributed by atoms with Crippen molar-refractivity contribution in [2.45, 2.75) is 40.2 Å². The second-order valence-electron chi connectivity index (χ2n) is 7.35. The molecule has 7 nitrogen and oxygen atoms in total. The summed E-state index contributed by atoms with van der Waals surface area (Å²) in [6.45, 7) is 7.08. The second-order valence-corrected chi connectivity index (χ2v) is 7.35. The summed E-state index contributed by atoms with van der Waals surface area (Å²) in [5, 5.41) is 2.86. The van der Waals surface area contributed by atoms with Crippen molar-refractivity contribution in [3.05, 3.63) is 59.2 Å². The Bertz CT molecular complexity index is 941. The molecule has 2 aromatic rings. The molecule has 0 bridgehead atoms. The van der Waals surface area contributed by atoms with Gasteiger partial charge in [0, 0.05) is 11.7 Å². The van der Waals surface area contributed by atoms with E-state index in [1.807, 2.05) is 45.9 Å². The molecule has 0 heterocycles. The number of methoxy groups -OCH3 is 1. The SMILES string of the molecule is CC[C@@H](C)N(CC(=O)Nc1cccc(C)c1C)C(=O)COC(=O)c1ccccc1OC. The largest absolute Gasteiger partial charge is 0.496 e. The van der Waals surface area contributed by atoms with Crippen LogP contribution in [-0.4, -0.2) is 49.0 Å². The molecule has 2 rings (SSSR count). The van der Waals surface area contributed by atoms with E-state index in [0.717, 1.165) is 11.1 Å². The van der Waals surface area contributed by atoms with Gasteiger partial charge in [-0.2, -0.15) is 0 Å². The summed E-state index contributed by atoms with van der Waals surface area (Å²) < 4.78 is 10.4. The number of ether oxygens (including phenoxy) is 2. The number of esters is 1. The monoisotopic (exact) mass is 426 g/mol. The van der Waals surface area contributed by atoms with Crippen molar-refractivity contribution < 1.29 is 23.9 Å². The summed E-state index contributed by atoms with van der Waals surface area (Å²) in [4.78, 5) is 39.2. The van der Waals surface area contributed by atoms with Crippen molar-refractivity contribution in [1.82, 2.24) is 4.90 Å². The Kier molecular flexibility index (Phi) is 8.61. The van der Waals surface area contributed by atoms with Crippen molar-refractivity contribution in [2.24, 2.45) is 0 Å². The maximum Gasteiger partial charge on any atom is 0.342 e. The highest BCUT2D eigenvalue weighted by Crippen LogP contribution is 2.19. The second kappa shape index (κ2) is 11.2. The Morgan fingerprint density at radius 2 is 1.77 bits per heavy atom. The molecule has 0 radical (unpaired) electrons. The Hall–Kier alpha value is -3.35. The molecule has 0 unspecified atom stereocenters. The zero-order chi connectivity index (χ0) is 23.0. The fourth-order valence-electron chi connectivity index (χ4n) is 3.04. The number of para-hydroxylation sites is 1. The third-order valence-corrected chi connectivity index (χ3v) is 5.29. The molecular weight excluding hydrogens is 396 g/mol. The highest BCUT2D eigenvalue weighted by molar-refractivity contribution is 5.96. The number of benzene rings is 2. The van der Waals surface area contributed by atoms with E-state index in [-0.39, 0.29) is 24.1 Å². The lowest BCUT2D eigenvalue weighted by atomic mass is 10.1. The van der Waals surface area contributed by atoms with E-state index in [0.29, 0.717) is 17.9 Å². The standard InChI is InChI=1S/C24H30N2O5/c1-6-17(3)26(14-22(27)25-20-12-9-10-16(2)18(20)4)23(28)15-31-24(29)19-11-7-8-13-21(19)30-5/h7-13,17H,6,14-15H2,1-5H3,(H,25,27)/t17-/m1/s1. The molecule has 31 heavy (non-hydrogen) atoms. The van der Waals surface area contributed by atoms with Crippen molar-refractivity contribution in [2.75, 3.05) is 25.6 Å². The van der Waals surface area contributed by atoms with Crippen LogP contribution >= 0.6 is 0 Å². The summed E-state index contributed by atoms with van der Waals surface area (Å²) in [5.74, 6) is -1.03. The lowest BCUT2D eigenvalue weighted by Gasteiger charge is -2.28. The predicted octanol–water partition coefficient (Wildman–Crippen LogP) is 3.73. The Morgan fingerprint density at radius 1 is 1.06 bits per heavy atom. The number of nitrogens with zero attached hydrogens (tertiary/aromatic N) is 1. The summed E-state index contributed by atoms with van der Waals surface area (Å²) in [6, 6.07) is 12.1. The number of hydrogen-bond acceptors (Lipinski definition) is 5. The van der Waals surface area contributed by atoms with Crippen LogP contribution in [0.2, 0.25) is 0 Å². The van der Waals surface area contributed by atoms with Gasteiger partial charge in [0.15, 0.2) is 6.61 Å². The van der Waals surface area contributed by atoms with Gasteiger partial charge < -0.3 is 19.7 Å². The molecule has 0 fully saturated rings. The van der Waals surface area contributed by atoms with E-state index < -0.39 is 18.5 Å². The van der Waals surface area contributed by atoms with Crippen molar-refractivity contribution >= 4 is 23.5 Å². The summed E-state index contributed by atoms with van der Waals surface area (Å²) in [7, 11) is 1.45. The van der Waals surface area contributed by atoms with Gasteiger partial charge in [0.05, 0.1) is 7.11 Å². The smallest absolute Gasteiger partial charge is 0.342 e. The van der Waals surface area contributed by atoms with Crippen LogP contribution < -0.4 is 10.1 Å². The maximum absolute atomic E-state index is 12.8. The van der Waals surface area contributed by atoms with Crippen LogP contribution in [0.25, 0.3) is 0 Å². The molecular formula is C24H30N2O5. The zero-order valence-electron chi connectivity index (χ0n) is 18.7. The van der Waals surface area contributed by atoms with Crippen LogP contribution in [0.15, 0.2) is 42.5 Å². The number of rotatable bonds is 9. The van der Waals surface area contributed by atoms with Gasteiger partial charge in [-0.05, 0) is 56.5 Å². The normalized spacial score (nSPS) is 11.4. The zero-order valence-corrected chi connectivity index (χ0v) is 18.7. The summed E-state index contributed by atoms with van der Waals surface area (Å²) in [6.07, 6.45) is 0.656. The lowest BCUT2D eigenvalue weighted by Crippen LogP contribution is -2.45. The molecule has 2 amide bonds. The maximum atomic E-state index is 12.8. The predicted molar refractivity (Wildman–Crippen MR) is 119 cm³/mol. The fourth-order valence-corrected chi connectivity index (χ4v) is 3.04. The van der Waals surface area contributed by atoms with Gasteiger partial charge in [-0.25, -0.2) is 4.79 Å². The minimum Gasteiger partial charge on any atom is -0.496 e. The summed E-state index contributed by atoms with van der Waals surface area (Å²) >= 11 is 0. The number of hydrogen-bond donors (Lipinski definition) is 1. The van der Waals surface area contributed by atoms with E-state index >= 15 is 0 Å². The highest BCUT2D eigenvalue weighted by Gasteiger charge is 2.24. The number of amides is 2. The van der Waals surface area contributed by atoms with E-state index in [1.165, 1.54) is 12.0 Å². The van der Waals surface area contributed by atoms with Crippen LogP contribution in [0.4, 0.5) is 5.69 Å². The van der Waals surface area contributed by atoms with Gasteiger partial charge in [0.1, 0.15) is 17.9 Å². The molecule has 0 spiro atoms. The van der Waals surface area contributed by atoms with Crippen molar-refractivity contribution in [3.8, 4) is 5.75 Å². The van der Waals surface area contributed by atoms with Crippen LogP contribution in [0.3, 0.4) is 0 Å². The first-order valence-electron chi connectivity index (χ1n) is 10.2. The van der Waals surface area contributed by atoms with E-state index in [1.54, 1.807) is 24.3 Å². The molecule has 1 atom stereocenters. The van der Waals surface area contributed by atoms with Gasteiger partial charge in [-0.1, -0.05) is 31.2 Å². The van der Waals surface area contributed by atoms with Gasteiger partial charge in [0.2, 0.25) is 5.91 Å². The molecule has 0 saturated carbocycles. The van der Waals surface area contributed by atoms with E-state index in [2.05, 4.69) is 5.32 Å². The average Bonchev–Trinajstić information content (AvgIpc) is 2.78. The van der Waals surface area contributed by atoms with Gasteiger partial charge >= 0.3 is 5.97 Å². The van der Waals surface area contributed by atoms with Gasteiger partial charge in [-0.15, -0.1) is 0 Å². The van der Waals surface area contributed by atoms with Gasteiger partial charge in [0.25, 0.3) is 5.91 Å². The topological polar surface area (TPSA) is 84.9 Å². The Morgan fingerprint density at radius 3 is 2.45 bits per heavy atom. The summed E-state index contributed by atoms with van der Waals surface area (Å²) in [5.41, 5.74) is 2.99. The molecule has 0 saturated heterocycles. The Labute approximate surface area is 183 Å².